The van der Waals surface area contributed by atoms with E-state index in [0.29, 0.717) is 22.7 Å². The Kier molecular flexibility index (Phi) is 7.97. The molecule has 4 aromatic rings. The number of hydrogen-bond donors (Lipinski definition) is 4. The number of hydrogen-bond acceptors (Lipinski definition) is 7. The molecule has 0 aliphatic rings. The van der Waals surface area contributed by atoms with Gasteiger partial charge < -0.3 is 26.8 Å². The average Bonchev–Trinajstić information content (AvgIpc) is 3.30. The molecule has 0 radical (unpaired) electrons. The van der Waals surface area contributed by atoms with E-state index in [1.54, 1.807) is 36.4 Å². The van der Waals surface area contributed by atoms with Crippen LogP contribution in [0.3, 0.4) is 0 Å². The molecule has 1 atom stereocenters. The van der Waals surface area contributed by atoms with Crippen molar-refractivity contribution < 1.29 is 23.9 Å². The predicted molar refractivity (Wildman–Crippen MR) is 140 cm³/mol. The smallest absolute Gasteiger partial charge is 0.270 e. The molecule has 0 aliphatic heterocycles. The first-order valence-electron chi connectivity index (χ1n) is 11.5. The van der Waals surface area contributed by atoms with Crippen LogP contribution in [0.1, 0.15) is 42.9 Å². The molecule has 0 saturated heterocycles. The number of primary amides is 1. The van der Waals surface area contributed by atoms with Gasteiger partial charge in [0.25, 0.3) is 11.8 Å². The predicted octanol–water partition coefficient (Wildman–Crippen LogP) is 3.37. The maximum Gasteiger partial charge on any atom is 0.270 e. The van der Waals surface area contributed by atoms with Gasteiger partial charge in [-0.25, -0.2) is 4.39 Å². The van der Waals surface area contributed by atoms with E-state index < -0.39 is 29.6 Å². The molecule has 3 aromatic carbocycles. The lowest BCUT2D eigenvalue weighted by Crippen LogP contribution is -2.43. The maximum absolute atomic E-state index is 13.9. The number of anilines is 1. The molecule has 0 bridgehead atoms. The van der Waals surface area contributed by atoms with Gasteiger partial charge in [-0.3, -0.25) is 14.4 Å². The third kappa shape index (κ3) is 5.95. The van der Waals surface area contributed by atoms with Crippen molar-refractivity contribution >= 4 is 34.9 Å². The molecule has 38 heavy (non-hydrogen) atoms. The first kappa shape index (κ1) is 26.3. The third-order valence-electron chi connectivity index (χ3n) is 5.76. The highest BCUT2D eigenvalue weighted by molar-refractivity contribution is 7.09. The monoisotopic (exact) mass is 533 g/mol. The molecule has 6 N–H and O–H groups in total. The van der Waals surface area contributed by atoms with E-state index in [9.17, 15) is 23.9 Å². The van der Waals surface area contributed by atoms with E-state index in [1.807, 2.05) is 6.07 Å². The van der Waals surface area contributed by atoms with Crippen LogP contribution in [-0.2, 0) is 17.9 Å². The molecule has 0 spiro atoms. The van der Waals surface area contributed by atoms with Gasteiger partial charge in [-0.05, 0) is 52.5 Å². The van der Waals surface area contributed by atoms with Crippen molar-refractivity contribution in [3.63, 3.8) is 0 Å². The number of aromatic hydroxyl groups is 1. The number of nitrogens with one attached hydrogen (secondary N) is 1. The Balaban J connectivity index is 1.75. The molecule has 0 aliphatic carbocycles. The summed E-state index contributed by atoms with van der Waals surface area (Å²) in [5.41, 5.74) is 12.8. The number of phenolic OH excluding ortho intramolecular Hbond substituents is 1. The summed E-state index contributed by atoms with van der Waals surface area (Å²) in [5, 5.41) is 12.6. The number of benzene rings is 3. The number of carbonyl (C=O) groups is 3. The Morgan fingerprint density at radius 2 is 1.63 bits per heavy atom. The quantitative estimate of drug-likeness (QED) is 0.259. The fourth-order valence-electron chi connectivity index (χ4n) is 3.84. The second-order valence-electron chi connectivity index (χ2n) is 8.40. The van der Waals surface area contributed by atoms with Gasteiger partial charge in [-0.15, -0.1) is 0 Å². The largest absolute Gasteiger partial charge is 0.508 e. The molecule has 1 aromatic heterocycles. The average molecular weight is 534 g/mol. The minimum atomic E-state index is -1.16. The molecule has 9 nitrogen and oxygen atoms in total. The normalized spacial score (nSPS) is 11.5. The summed E-state index contributed by atoms with van der Waals surface area (Å²) in [6, 6.07) is 19.4. The lowest BCUT2D eigenvalue weighted by atomic mass is 10.0. The third-order valence-corrected chi connectivity index (χ3v) is 6.61. The van der Waals surface area contributed by atoms with Crippen molar-refractivity contribution in [2.75, 3.05) is 5.73 Å². The van der Waals surface area contributed by atoms with Crippen LogP contribution in [0.25, 0.3) is 0 Å². The SMILES string of the molecule is NC(=O)c1nsc(C(=O)N(Cc2ccccc2)[C@@H](C(=O)NCc2ccc(F)cc2)c2ccc(O)cc2)c1N. The van der Waals surface area contributed by atoms with Crippen molar-refractivity contribution in [3.8, 4) is 5.75 Å². The van der Waals surface area contributed by atoms with E-state index in [-0.39, 0.29) is 35.1 Å². The number of halogens is 1. The number of carbonyl (C=O) groups excluding carboxylic acids is 3. The Hall–Kier alpha value is -4.77. The first-order chi connectivity index (χ1) is 18.2. The van der Waals surface area contributed by atoms with Crippen LogP contribution in [-0.4, -0.2) is 32.1 Å². The molecule has 11 heteroatoms. The van der Waals surface area contributed by atoms with Gasteiger partial charge in [0.15, 0.2) is 5.69 Å². The van der Waals surface area contributed by atoms with E-state index >= 15 is 0 Å². The molecular formula is C27H24FN5O4S. The van der Waals surface area contributed by atoms with Crippen LogP contribution in [0.15, 0.2) is 78.9 Å². The highest BCUT2D eigenvalue weighted by atomic mass is 32.1. The van der Waals surface area contributed by atoms with Crippen LogP contribution in [0.5, 0.6) is 5.75 Å². The maximum atomic E-state index is 13.9. The van der Waals surface area contributed by atoms with E-state index in [4.69, 9.17) is 11.5 Å². The zero-order valence-electron chi connectivity index (χ0n) is 20.0. The van der Waals surface area contributed by atoms with Crippen LogP contribution in [0.2, 0.25) is 0 Å². The molecule has 1 heterocycles. The number of rotatable bonds is 9. The number of nitrogen functional groups attached to an aromatic ring is 1. The molecule has 3 amide bonds. The van der Waals surface area contributed by atoms with Gasteiger partial charge in [0.05, 0.1) is 5.69 Å². The van der Waals surface area contributed by atoms with Gasteiger partial charge >= 0.3 is 0 Å². The minimum absolute atomic E-state index is 0.0123. The molecule has 4 rings (SSSR count). The van der Waals surface area contributed by atoms with Crippen molar-refractivity contribution in [1.29, 1.82) is 0 Å². The van der Waals surface area contributed by atoms with Crippen molar-refractivity contribution in [1.82, 2.24) is 14.6 Å². The lowest BCUT2D eigenvalue weighted by molar-refractivity contribution is -0.126. The molecule has 0 saturated carbocycles. The van der Waals surface area contributed by atoms with Gasteiger partial charge in [0.2, 0.25) is 5.91 Å². The molecule has 0 fully saturated rings. The molecule has 194 valence electrons. The number of nitrogens with zero attached hydrogens (tertiary/aromatic N) is 2. The standard InChI is InChI=1S/C27H24FN5O4S/c28-19-10-6-16(7-11-19)14-31-26(36)23(18-8-12-20(34)13-9-18)33(15-17-4-2-1-3-5-17)27(37)24-21(29)22(25(30)35)32-38-24/h1-13,23,34H,14-15,29H2,(H2,30,35)(H,31,36)/t23-/m1/s1. The molecular weight excluding hydrogens is 509 g/mol. The zero-order valence-corrected chi connectivity index (χ0v) is 20.8. The van der Waals surface area contributed by atoms with E-state index in [1.165, 1.54) is 41.3 Å². The van der Waals surface area contributed by atoms with Crippen molar-refractivity contribution in [2.24, 2.45) is 5.73 Å². The Labute approximate surface area is 221 Å². The summed E-state index contributed by atoms with van der Waals surface area (Å²) < 4.78 is 17.2. The van der Waals surface area contributed by atoms with Crippen LogP contribution < -0.4 is 16.8 Å². The van der Waals surface area contributed by atoms with Gasteiger partial charge in [-0.2, -0.15) is 4.37 Å². The Bertz CT molecular complexity index is 1440. The topological polar surface area (TPSA) is 152 Å². The summed E-state index contributed by atoms with van der Waals surface area (Å²) in [7, 11) is 0. The summed E-state index contributed by atoms with van der Waals surface area (Å²) >= 11 is 0.716. The fraction of sp³-hybridized carbons (Fsp3) is 0.111. The van der Waals surface area contributed by atoms with Crippen LogP contribution in [0.4, 0.5) is 10.1 Å². The summed E-state index contributed by atoms with van der Waals surface area (Å²) in [5.74, 6) is -2.45. The van der Waals surface area contributed by atoms with E-state index in [0.717, 1.165) is 5.56 Å². The highest BCUT2D eigenvalue weighted by Gasteiger charge is 2.35. The zero-order chi connectivity index (χ0) is 27.2. The number of amides is 3. The van der Waals surface area contributed by atoms with Gasteiger partial charge in [0, 0.05) is 13.1 Å². The Morgan fingerprint density at radius 3 is 2.24 bits per heavy atom. The summed E-state index contributed by atoms with van der Waals surface area (Å²) in [4.78, 5) is 40.6. The Morgan fingerprint density at radius 1 is 0.974 bits per heavy atom. The highest BCUT2D eigenvalue weighted by Crippen LogP contribution is 2.31. The van der Waals surface area contributed by atoms with E-state index in [2.05, 4.69) is 9.69 Å². The van der Waals surface area contributed by atoms with Gasteiger partial charge in [0.1, 0.15) is 22.5 Å². The fourth-order valence-corrected chi connectivity index (χ4v) is 4.60. The number of nitrogens with two attached hydrogens (primary N) is 2. The lowest BCUT2D eigenvalue weighted by Gasteiger charge is -2.31. The minimum Gasteiger partial charge on any atom is -0.508 e. The summed E-state index contributed by atoms with van der Waals surface area (Å²) in [6.45, 7) is 0.0913. The second kappa shape index (κ2) is 11.5. The van der Waals surface area contributed by atoms with Crippen LogP contribution >= 0.6 is 11.5 Å². The first-order valence-corrected chi connectivity index (χ1v) is 12.2. The second-order valence-corrected chi connectivity index (χ2v) is 9.17. The molecule has 0 unspecified atom stereocenters. The summed E-state index contributed by atoms with van der Waals surface area (Å²) in [6.07, 6.45) is 0. The van der Waals surface area contributed by atoms with Crippen molar-refractivity contribution in [3.05, 3.63) is 112 Å². The number of aromatic nitrogens is 1. The van der Waals surface area contributed by atoms with Gasteiger partial charge in [-0.1, -0.05) is 54.6 Å². The number of phenols is 1. The van der Waals surface area contributed by atoms with Crippen LogP contribution in [0, 0.1) is 5.82 Å². The van der Waals surface area contributed by atoms with Crippen molar-refractivity contribution in [2.45, 2.75) is 19.1 Å².